The Bertz CT molecular complexity index is 881. The molecule has 0 fully saturated rings. The maximum Gasteiger partial charge on any atom is 0.159 e. The molecule has 0 saturated heterocycles. The number of hydrogen-bond acceptors (Lipinski definition) is 5. The van der Waals surface area contributed by atoms with Crippen LogP contribution in [-0.2, 0) is 19.5 Å². The highest BCUT2D eigenvalue weighted by Crippen LogP contribution is 2.25. The number of nitrogens with zero attached hydrogens (tertiary/aromatic N) is 5. The molecular formula is C18H15Cl2N5. The molecule has 7 heteroatoms. The Morgan fingerprint density at radius 3 is 2.52 bits per heavy atom. The number of benzene rings is 1. The van der Waals surface area contributed by atoms with E-state index in [1.807, 2.05) is 36.5 Å². The van der Waals surface area contributed by atoms with Crippen molar-refractivity contribution in [1.82, 2.24) is 24.8 Å². The largest absolute Gasteiger partial charge is 0.293 e. The number of fused-ring (bicyclic) bond motifs is 1. The molecule has 0 unspecified atom stereocenters. The van der Waals surface area contributed by atoms with Gasteiger partial charge in [0.25, 0.3) is 0 Å². The van der Waals surface area contributed by atoms with Crippen molar-refractivity contribution < 1.29 is 0 Å². The van der Waals surface area contributed by atoms with E-state index in [0.717, 1.165) is 42.2 Å². The first-order valence-corrected chi connectivity index (χ1v) is 8.74. The third-order valence-corrected chi connectivity index (χ3v) is 4.93. The Balaban J connectivity index is 1.58. The van der Waals surface area contributed by atoms with E-state index in [4.69, 9.17) is 28.2 Å². The molecule has 1 aromatic carbocycles. The SMILES string of the molecule is Clc1ncnc(Cl)c1CN1CCc2cnc(-c3ccccc3)nc2C1. The fourth-order valence-corrected chi connectivity index (χ4v) is 3.38. The van der Waals surface area contributed by atoms with Gasteiger partial charge in [0.15, 0.2) is 5.82 Å². The van der Waals surface area contributed by atoms with Crippen LogP contribution in [-0.4, -0.2) is 31.4 Å². The van der Waals surface area contributed by atoms with E-state index >= 15 is 0 Å². The lowest BCUT2D eigenvalue weighted by Crippen LogP contribution is -2.31. The Kier molecular flexibility index (Phi) is 4.61. The second-order valence-corrected chi connectivity index (χ2v) is 6.64. The topological polar surface area (TPSA) is 54.8 Å². The predicted molar refractivity (Wildman–Crippen MR) is 97.3 cm³/mol. The number of hydrogen-bond donors (Lipinski definition) is 0. The number of aromatic nitrogens is 4. The van der Waals surface area contributed by atoms with E-state index in [2.05, 4.69) is 19.9 Å². The van der Waals surface area contributed by atoms with Crippen molar-refractivity contribution in [2.45, 2.75) is 19.5 Å². The molecule has 0 aliphatic carbocycles. The van der Waals surface area contributed by atoms with Gasteiger partial charge in [-0.3, -0.25) is 4.90 Å². The molecule has 3 heterocycles. The van der Waals surface area contributed by atoms with Gasteiger partial charge in [0.2, 0.25) is 0 Å². The summed E-state index contributed by atoms with van der Waals surface area (Å²) in [5.74, 6) is 0.750. The molecule has 0 saturated carbocycles. The molecule has 0 spiro atoms. The third-order valence-electron chi connectivity index (χ3n) is 4.28. The van der Waals surface area contributed by atoms with Crippen LogP contribution in [0.1, 0.15) is 16.8 Å². The molecule has 0 radical (unpaired) electrons. The van der Waals surface area contributed by atoms with Crippen molar-refractivity contribution in [2.75, 3.05) is 6.54 Å². The van der Waals surface area contributed by atoms with Gasteiger partial charge in [-0.15, -0.1) is 0 Å². The molecule has 3 aromatic rings. The molecule has 0 atom stereocenters. The van der Waals surface area contributed by atoms with Crippen molar-refractivity contribution in [3.05, 3.63) is 70.0 Å². The molecule has 4 rings (SSSR count). The summed E-state index contributed by atoms with van der Waals surface area (Å²) >= 11 is 12.3. The summed E-state index contributed by atoms with van der Waals surface area (Å²) in [6.45, 7) is 2.21. The molecule has 25 heavy (non-hydrogen) atoms. The van der Waals surface area contributed by atoms with E-state index in [-0.39, 0.29) is 0 Å². The van der Waals surface area contributed by atoms with Crippen LogP contribution in [0.2, 0.25) is 10.3 Å². The van der Waals surface area contributed by atoms with E-state index in [9.17, 15) is 0 Å². The van der Waals surface area contributed by atoms with Crippen LogP contribution in [0.4, 0.5) is 0 Å². The second kappa shape index (κ2) is 7.04. The van der Waals surface area contributed by atoms with Crippen molar-refractivity contribution in [3.63, 3.8) is 0 Å². The molecule has 0 N–H and O–H groups in total. The quantitative estimate of drug-likeness (QED) is 0.655. The van der Waals surface area contributed by atoms with Crippen LogP contribution < -0.4 is 0 Å². The Morgan fingerprint density at radius 2 is 1.76 bits per heavy atom. The van der Waals surface area contributed by atoms with Gasteiger partial charge in [-0.05, 0) is 12.0 Å². The molecule has 2 aromatic heterocycles. The van der Waals surface area contributed by atoms with Gasteiger partial charge < -0.3 is 0 Å². The maximum absolute atomic E-state index is 6.17. The average molecular weight is 372 g/mol. The highest BCUT2D eigenvalue weighted by molar-refractivity contribution is 6.34. The first-order chi connectivity index (χ1) is 12.2. The smallest absolute Gasteiger partial charge is 0.159 e. The molecule has 5 nitrogen and oxygen atoms in total. The summed E-state index contributed by atoms with van der Waals surface area (Å²) in [6.07, 6.45) is 4.21. The number of rotatable bonds is 3. The van der Waals surface area contributed by atoms with Gasteiger partial charge in [0.05, 0.1) is 5.69 Å². The molecule has 0 bridgehead atoms. The lowest BCUT2D eigenvalue weighted by atomic mass is 10.1. The normalized spacial score (nSPS) is 14.3. The first kappa shape index (κ1) is 16.4. The van der Waals surface area contributed by atoms with Crippen LogP contribution >= 0.6 is 23.2 Å². The summed E-state index contributed by atoms with van der Waals surface area (Å²) < 4.78 is 0. The lowest BCUT2D eigenvalue weighted by Gasteiger charge is -2.28. The van der Waals surface area contributed by atoms with Crippen LogP contribution in [0, 0.1) is 0 Å². The Morgan fingerprint density at radius 1 is 1.00 bits per heavy atom. The first-order valence-electron chi connectivity index (χ1n) is 7.98. The van der Waals surface area contributed by atoms with Crippen molar-refractivity contribution in [1.29, 1.82) is 0 Å². The third kappa shape index (κ3) is 3.49. The van der Waals surface area contributed by atoms with Gasteiger partial charge in [-0.2, -0.15) is 0 Å². The lowest BCUT2D eigenvalue weighted by molar-refractivity contribution is 0.241. The zero-order valence-electron chi connectivity index (χ0n) is 13.4. The van der Waals surface area contributed by atoms with E-state index in [0.29, 0.717) is 16.9 Å². The highest BCUT2D eigenvalue weighted by atomic mass is 35.5. The van der Waals surface area contributed by atoms with Gasteiger partial charge in [-0.25, -0.2) is 19.9 Å². The summed E-state index contributed by atoms with van der Waals surface area (Å²) in [7, 11) is 0. The summed E-state index contributed by atoms with van der Waals surface area (Å²) in [5, 5.41) is 0.803. The molecular weight excluding hydrogens is 357 g/mol. The van der Waals surface area contributed by atoms with Crippen molar-refractivity contribution >= 4 is 23.2 Å². The minimum Gasteiger partial charge on any atom is -0.293 e. The standard InChI is InChI=1S/C18H15Cl2N5/c19-16-14(17(20)23-11-22-16)9-25-7-6-13-8-21-18(24-15(13)10-25)12-4-2-1-3-5-12/h1-5,8,11H,6-7,9-10H2. The fourth-order valence-electron chi connectivity index (χ4n) is 2.94. The van der Waals surface area contributed by atoms with Gasteiger partial charge >= 0.3 is 0 Å². The summed E-state index contributed by atoms with van der Waals surface area (Å²) in [4.78, 5) is 19.6. The molecule has 126 valence electrons. The van der Waals surface area contributed by atoms with Gasteiger partial charge in [-0.1, -0.05) is 53.5 Å². The van der Waals surface area contributed by atoms with Crippen LogP contribution in [0.25, 0.3) is 11.4 Å². The van der Waals surface area contributed by atoms with E-state index in [1.54, 1.807) is 0 Å². The monoisotopic (exact) mass is 371 g/mol. The zero-order chi connectivity index (χ0) is 17.2. The molecule has 1 aliphatic rings. The summed E-state index contributed by atoms with van der Waals surface area (Å²) in [6, 6.07) is 10.00. The maximum atomic E-state index is 6.17. The second-order valence-electron chi connectivity index (χ2n) is 5.93. The fraction of sp³-hybridized carbons (Fsp3) is 0.222. The zero-order valence-corrected chi connectivity index (χ0v) is 14.9. The van der Waals surface area contributed by atoms with Crippen molar-refractivity contribution in [2.24, 2.45) is 0 Å². The van der Waals surface area contributed by atoms with Gasteiger partial charge in [0.1, 0.15) is 16.6 Å². The number of halogens is 2. The minimum atomic E-state index is 0.401. The summed E-state index contributed by atoms with van der Waals surface area (Å²) in [5.41, 5.74) is 4.01. The predicted octanol–water partition coefficient (Wildman–Crippen LogP) is 3.80. The van der Waals surface area contributed by atoms with Gasteiger partial charge in [0, 0.05) is 37.0 Å². The Labute approximate surface area is 155 Å². The van der Waals surface area contributed by atoms with Crippen LogP contribution in [0.3, 0.4) is 0 Å². The van der Waals surface area contributed by atoms with E-state index in [1.165, 1.54) is 11.9 Å². The average Bonchev–Trinajstić information content (AvgIpc) is 2.65. The highest BCUT2D eigenvalue weighted by Gasteiger charge is 2.21. The molecule has 1 aliphatic heterocycles. The van der Waals surface area contributed by atoms with Crippen LogP contribution in [0.15, 0.2) is 42.9 Å². The minimum absolute atomic E-state index is 0.401. The van der Waals surface area contributed by atoms with Crippen molar-refractivity contribution in [3.8, 4) is 11.4 Å². The van der Waals surface area contributed by atoms with Crippen LogP contribution in [0.5, 0.6) is 0 Å². The van der Waals surface area contributed by atoms with E-state index < -0.39 is 0 Å². The Hall–Kier alpha value is -2.08. The molecule has 0 amide bonds.